The number of rotatable bonds is 5. The lowest BCUT2D eigenvalue weighted by atomic mass is 9.94. The number of aromatic nitrogens is 4. The third-order valence-electron chi connectivity index (χ3n) is 5.70. The zero-order valence-electron chi connectivity index (χ0n) is 18.5. The monoisotopic (exact) mass is 422 g/mol. The number of hydrogen-bond donors (Lipinski definition) is 2. The molecular weight excluding hydrogens is 392 g/mol. The molecule has 0 atom stereocenters. The molecule has 3 N–H and O–H groups in total. The van der Waals surface area contributed by atoms with Crippen LogP contribution in [0.1, 0.15) is 43.9 Å². The smallest absolute Gasteiger partial charge is 0.263 e. The third-order valence-corrected chi connectivity index (χ3v) is 5.70. The second-order valence-corrected chi connectivity index (χ2v) is 8.88. The van der Waals surface area contributed by atoms with E-state index < -0.39 is 5.60 Å². The summed E-state index contributed by atoms with van der Waals surface area (Å²) in [5.41, 5.74) is 8.39. The Kier molecular flexibility index (Phi) is 5.68. The van der Waals surface area contributed by atoms with E-state index in [1.54, 1.807) is 26.2 Å². The molecule has 3 aromatic rings. The molecule has 8 heteroatoms. The SMILES string of the molecule is Cc1cc(-c2cnc(N)c(Oc3cnn(C4CCN(C)CC4)c3)n2)cc(C(C)(C)O)c1. The minimum atomic E-state index is -0.955. The van der Waals surface area contributed by atoms with Crippen molar-refractivity contribution in [3.8, 4) is 22.9 Å². The van der Waals surface area contributed by atoms with Gasteiger partial charge in [-0.2, -0.15) is 5.10 Å². The Bertz CT molecular complexity index is 1060. The Morgan fingerprint density at radius 2 is 1.90 bits per heavy atom. The summed E-state index contributed by atoms with van der Waals surface area (Å²) in [6.07, 6.45) is 7.32. The van der Waals surface area contributed by atoms with Crippen molar-refractivity contribution in [3.05, 3.63) is 47.9 Å². The van der Waals surface area contributed by atoms with Crippen molar-refractivity contribution in [2.45, 2.75) is 45.3 Å². The van der Waals surface area contributed by atoms with Gasteiger partial charge < -0.3 is 20.5 Å². The molecule has 1 fully saturated rings. The highest BCUT2D eigenvalue weighted by Crippen LogP contribution is 2.31. The fourth-order valence-corrected chi connectivity index (χ4v) is 3.82. The maximum absolute atomic E-state index is 10.4. The third kappa shape index (κ3) is 4.86. The standard InChI is InChI=1S/C23H30N6O2/c1-15-9-16(11-17(10-15)23(2,3)30)20-13-25-21(24)22(27-20)31-19-12-26-29(14-19)18-5-7-28(4)8-6-18/h9-14,18,30H,5-8H2,1-4H3,(H2,24,25). The van der Waals surface area contributed by atoms with Crippen LogP contribution in [0.2, 0.25) is 0 Å². The molecule has 0 amide bonds. The number of nitrogens with zero attached hydrogens (tertiary/aromatic N) is 5. The number of benzene rings is 1. The van der Waals surface area contributed by atoms with E-state index >= 15 is 0 Å². The Morgan fingerprint density at radius 1 is 1.16 bits per heavy atom. The topological polar surface area (TPSA) is 102 Å². The lowest BCUT2D eigenvalue weighted by molar-refractivity contribution is 0.0786. The van der Waals surface area contributed by atoms with E-state index in [1.807, 2.05) is 36.0 Å². The molecule has 0 unspecified atom stereocenters. The quantitative estimate of drug-likeness (QED) is 0.648. The van der Waals surface area contributed by atoms with Gasteiger partial charge in [-0.1, -0.05) is 11.6 Å². The number of anilines is 1. The van der Waals surface area contributed by atoms with Gasteiger partial charge in [0.1, 0.15) is 0 Å². The summed E-state index contributed by atoms with van der Waals surface area (Å²) in [5, 5.41) is 14.9. The van der Waals surface area contributed by atoms with E-state index in [9.17, 15) is 5.11 Å². The molecule has 1 aliphatic heterocycles. The van der Waals surface area contributed by atoms with Gasteiger partial charge in [0.2, 0.25) is 0 Å². The first-order chi connectivity index (χ1) is 14.7. The number of nitrogen functional groups attached to an aromatic ring is 1. The van der Waals surface area contributed by atoms with Crippen LogP contribution in [0, 0.1) is 6.92 Å². The van der Waals surface area contributed by atoms with Gasteiger partial charge in [-0.3, -0.25) is 4.68 Å². The van der Waals surface area contributed by atoms with Gasteiger partial charge >= 0.3 is 0 Å². The Hall–Kier alpha value is -2.97. The normalized spacial score (nSPS) is 15.9. The molecule has 1 aromatic carbocycles. The molecule has 31 heavy (non-hydrogen) atoms. The Morgan fingerprint density at radius 3 is 2.61 bits per heavy atom. The van der Waals surface area contributed by atoms with Gasteiger partial charge in [0.15, 0.2) is 11.6 Å². The van der Waals surface area contributed by atoms with Crippen LogP contribution >= 0.6 is 0 Å². The van der Waals surface area contributed by atoms with Crippen molar-refractivity contribution in [1.29, 1.82) is 0 Å². The molecule has 8 nitrogen and oxygen atoms in total. The van der Waals surface area contributed by atoms with Crippen molar-refractivity contribution in [3.63, 3.8) is 0 Å². The van der Waals surface area contributed by atoms with Gasteiger partial charge in [0.05, 0.1) is 35.9 Å². The molecule has 0 bridgehead atoms. The lowest BCUT2D eigenvalue weighted by Crippen LogP contribution is -2.31. The van der Waals surface area contributed by atoms with E-state index in [0.717, 1.165) is 42.6 Å². The first-order valence-electron chi connectivity index (χ1n) is 10.6. The van der Waals surface area contributed by atoms with Crippen molar-refractivity contribution < 1.29 is 9.84 Å². The summed E-state index contributed by atoms with van der Waals surface area (Å²) in [4.78, 5) is 11.2. The highest BCUT2D eigenvalue weighted by atomic mass is 16.5. The highest BCUT2D eigenvalue weighted by molar-refractivity contribution is 5.63. The van der Waals surface area contributed by atoms with Crippen LogP contribution in [0.3, 0.4) is 0 Å². The molecule has 0 saturated carbocycles. The van der Waals surface area contributed by atoms with Crippen LogP contribution in [-0.4, -0.2) is 49.9 Å². The highest BCUT2D eigenvalue weighted by Gasteiger charge is 2.20. The summed E-state index contributed by atoms with van der Waals surface area (Å²) < 4.78 is 7.91. The van der Waals surface area contributed by atoms with Gasteiger partial charge in [-0.15, -0.1) is 0 Å². The second-order valence-electron chi connectivity index (χ2n) is 8.88. The average molecular weight is 423 g/mol. The van der Waals surface area contributed by atoms with Crippen LogP contribution < -0.4 is 10.5 Å². The fourth-order valence-electron chi connectivity index (χ4n) is 3.82. The molecule has 164 valence electrons. The van der Waals surface area contributed by atoms with E-state index in [4.69, 9.17) is 10.5 Å². The number of hydrogen-bond acceptors (Lipinski definition) is 7. The molecule has 4 rings (SSSR count). The summed E-state index contributed by atoms with van der Waals surface area (Å²) in [6, 6.07) is 6.24. The second kappa shape index (κ2) is 8.28. The van der Waals surface area contributed by atoms with E-state index in [-0.39, 0.29) is 11.7 Å². The number of likely N-dealkylation sites (tertiary alicyclic amines) is 1. The molecule has 0 radical (unpaired) electrons. The van der Waals surface area contributed by atoms with Gasteiger partial charge in [-0.05, 0) is 71.4 Å². The first kappa shape index (κ1) is 21.3. The minimum absolute atomic E-state index is 0.214. The summed E-state index contributed by atoms with van der Waals surface area (Å²) >= 11 is 0. The van der Waals surface area contributed by atoms with Crippen molar-refractivity contribution in [2.75, 3.05) is 25.9 Å². The molecular formula is C23H30N6O2. The summed E-state index contributed by atoms with van der Waals surface area (Å²) in [5.74, 6) is 1.04. The maximum Gasteiger partial charge on any atom is 0.263 e. The van der Waals surface area contributed by atoms with Crippen LogP contribution in [-0.2, 0) is 5.60 Å². The minimum Gasteiger partial charge on any atom is -0.433 e. The number of ether oxygens (including phenoxy) is 1. The lowest BCUT2D eigenvalue weighted by Gasteiger charge is -2.28. The van der Waals surface area contributed by atoms with Crippen molar-refractivity contribution >= 4 is 5.82 Å². The maximum atomic E-state index is 10.4. The Balaban J connectivity index is 1.58. The van der Waals surface area contributed by atoms with Crippen LogP contribution in [0.25, 0.3) is 11.3 Å². The zero-order valence-corrected chi connectivity index (χ0v) is 18.5. The van der Waals surface area contributed by atoms with Crippen LogP contribution in [0.4, 0.5) is 5.82 Å². The van der Waals surface area contributed by atoms with Gasteiger partial charge in [-0.25, -0.2) is 9.97 Å². The molecule has 0 aliphatic carbocycles. The fraction of sp³-hybridized carbons (Fsp3) is 0.435. The number of aryl methyl sites for hydroxylation is 1. The van der Waals surface area contributed by atoms with Crippen LogP contribution in [0.15, 0.2) is 36.8 Å². The number of nitrogens with two attached hydrogens (primary N) is 1. The molecule has 3 heterocycles. The average Bonchev–Trinajstić information content (AvgIpc) is 3.17. The predicted molar refractivity (Wildman–Crippen MR) is 120 cm³/mol. The number of piperidine rings is 1. The zero-order chi connectivity index (χ0) is 22.2. The molecule has 1 saturated heterocycles. The van der Waals surface area contributed by atoms with Gasteiger partial charge in [0, 0.05) is 5.56 Å². The van der Waals surface area contributed by atoms with Crippen molar-refractivity contribution in [1.82, 2.24) is 24.6 Å². The molecule has 0 spiro atoms. The summed E-state index contributed by atoms with van der Waals surface area (Å²) in [6.45, 7) is 7.63. The van der Waals surface area contributed by atoms with Crippen molar-refractivity contribution in [2.24, 2.45) is 0 Å². The van der Waals surface area contributed by atoms with Crippen LogP contribution in [0.5, 0.6) is 11.6 Å². The molecule has 1 aliphatic rings. The van der Waals surface area contributed by atoms with Gasteiger partial charge in [0.25, 0.3) is 5.88 Å². The first-order valence-corrected chi connectivity index (χ1v) is 10.6. The molecule has 2 aromatic heterocycles. The van der Waals surface area contributed by atoms with E-state index in [0.29, 0.717) is 17.5 Å². The number of aliphatic hydroxyl groups is 1. The van der Waals surface area contributed by atoms with E-state index in [1.165, 1.54) is 0 Å². The summed E-state index contributed by atoms with van der Waals surface area (Å²) in [7, 11) is 2.14. The largest absolute Gasteiger partial charge is 0.433 e. The predicted octanol–water partition coefficient (Wildman–Crippen LogP) is 3.52. The van der Waals surface area contributed by atoms with E-state index in [2.05, 4.69) is 27.0 Å². The Labute approximate surface area is 182 Å².